The van der Waals surface area contributed by atoms with Crippen LogP contribution >= 0.6 is 0 Å². The predicted molar refractivity (Wildman–Crippen MR) is 92.8 cm³/mol. The Morgan fingerprint density at radius 3 is 3.08 bits per heavy atom. The Labute approximate surface area is 147 Å². The minimum atomic E-state index is -0.0293. The van der Waals surface area contributed by atoms with Crippen molar-refractivity contribution >= 4 is 11.6 Å². The molecule has 0 saturated carbocycles. The molecule has 0 radical (unpaired) electrons. The topological polar surface area (TPSA) is 67.6 Å². The Balaban J connectivity index is 1.43. The van der Waals surface area contributed by atoms with E-state index in [2.05, 4.69) is 15.2 Å². The van der Waals surface area contributed by atoms with Crippen LogP contribution in [0.25, 0.3) is 0 Å². The molecule has 0 unspecified atom stereocenters. The average molecular weight is 341 g/mol. The van der Waals surface area contributed by atoms with Crippen LogP contribution in [0.15, 0.2) is 47.3 Å². The summed E-state index contributed by atoms with van der Waals surface area (Å²) >= 11 is 0. The highest BCUT2D eigenvalue weighted by atomic mass is 16.5. The fourth-order valence-corrected chi connectivity index (χ4v) is 3.95. The fourth-order valence-electron chi connectivity index (χ4n) is 3.95. The highest BCUT2D eigenvalue weighted by molar-refractivity contribution is 5.92. The van der Waals surface area contributed by atoms with E-state index in [0.717, 1.165) is 43.9 Å². The number of piperidine rings is 1. The summed E-state index contributed by atoms with van der Waals surface area (Å²) in [4.78, 5) is 19.2. The monoisotopic (exact) mass is 341 g/mol. The standard InChI is InChI=1S/C19H23N3O3/c23-19(21-14-3-1-7-20-11-14)16-6-10-25-18-5-8-22(13-17(16)18)12-15-4-2-9-24-15/h1-4,7,9,11,16-18H,5-6,8,10,12-13H2,(H,21,23)/t16-,17-,18-/m1/s1. The minimum Gasteiger partial charge on any atom is -0.468 e. The van der Waals surface area contributed by atoms with E-state index in [-0.39, 0.29) is 23.8 Å². The smallest absolute Gasteiger partial charge is 0.228 e. The summed E-state index contributed by atoms with van der Waals surface area (Å²) < 4.78 is 11.4. The van der Waals surface area contributed by atoms with E-state index >= 15 is 0 Å². The zero-order valence-electron chi connectivity index (χ0n) is 14.1. The number of nitrogens with zero attached hydrogens (tertiary/aromatic N) is 2. The van der Waals surface area contributed by atoms with Crippen molar-refractivity contribution < 1.29 is 13.9 Å². The van der Waals surface area contributed by atoms with Crippen LogP contribution in [-0.2, 0) is 16.1 Å². The Morgan fingerprint density at radius 1 is 1.32 bits per heavy atom. The number of carbonyl (C=O) groups is 1. The number of furan rings is 1. The number of carbonyl (C=O) groups excluding carboxylic acids is 1. The summed E-state index contributed by atoms with van der Waals surface area (Å²) in [5.41, 5.74) is 0.749. The number of aromatic nitrogens is 1. The number of fused-ring (bicyclic) bond motifs is 1. The highest BCUT2D eigenvalue weighted by Crippen LogP contribution is 2.34. The van der Waals surface area contributed by atoms with Gasteiger partial charge in [-0.05, 0) is 37.1 Å². The van der Waals surface area contributed by atoms with Crippen LogP contribution < -0.4 is 5.32 Å². The second kappa shape index (κ2) is 7.37. The van der Waals surface area contributed by atoms with Crippen LogP contribution in [0.3, 0.4) is 0 Å². The van der Waals surface area contributed by atoms with Crippen molar-refractivity contribution in [1.82, 2.24) is 9.88 Å². The average Bonchev–Trinajstić information content (AvgIpc) is 3.15. The molecule has 1 amide bonds. The molecule has 2 aromatic rings. The van der Waals surface area contributed by atoms with E-state index in [0.29, 0.717) is 6.61 Å². The molecule has 3 atom stereocenters. The van der Waals surface area contributed by atoms with Crippen LogP contribution in [0.4, 0.5) is 5.69 Å². The first-order chi connectivity index (χ1) is 12.3. The lowest BCUT2D eigenvalue weighted by atomic mass is 9.79. The Hall–Kier alpha value is -2.18. The molecule has 1 N–H and O–H groups in total. The second-order valence-corrected chi connectivity index (χ2v) is 6.80. The molecular formula is C19H23N3O3. The van der Waals surface area contributed by atoms with Crippen molar-refractivity contribution in [2.24, 2.45) is 11.8 Å². The maximum atomic E-state index is 12.8. The molecule has 4 rings (SSSR count). The van der Waals surface area contributed by atoms with Gasteiger partial charge in [0.25, 0.3) is 0 Å². The molecule has 0 aromatic carbocycles. The molecule has 6 nitrogen and oxygen atoms in total. The van der Waals surface area contributed by atoms with Crippen molar-refractivity contribution in [3.63, 3.8) is 0 Å². The zero-order valence-corrected chi connectivity index (χ0v) is 14.1. The number of amides is 1. The lowest BCUT2D eigenvalue weighted by Crippen LogP contribution is -2.52. The maximum Gasteiger partial charge on any atom is 0.228 e. The van der Waals surface area contributed by atoms with Gasteiger partial charge in [0.15, 0.2) is 0 Å². The van der Waals surface area contributed by atoms with Crippen molar-refractivity contribution in [2.75, 3.05) is 25.0 Å². The van der Waals surface area contributed by atoms with Crippen LogP contribution in [0.1, 0.15) is 18.6 Å². The molecule has 4 heterocycles. The van der Waals surface area contributed by atoms with Gasteiger partial charge < -0.3 is 14.5 Å². The quantitative estimate of drug-likeness (QED) is 0.926. The van der Waals surface area contributed by atoms with Gasteiger partial charge in [-0.3, -0.25) is 14.7 Å². The lowest BCUT2D eigenvalue weighted by Gasteiger charge is -2.44. The zero-order chi connectivity index (χ0) is 17.1. The number of nitrogens with one attached hydrogen (secondary N) is 1. The Kier molecular flexibility index (Phi) is 4.81. The third-order valence-electron chi connectivity index (χ3n) is 5.18. The van der Waals surface area contributed by atoms with E-state index in [9.17, 15) is 4.79 Å². The van der Waals surface area contributed by atoms with Crippen molar-refractivity contribution in [1.29, 1.82) is 0 Å². The number of anilines is 1. The number of hydrogen-bond acceptors (Lipinski definition) is 5. The molecule has 25 heavy (non-hydrogen) atoms. The van der Waals surface area contributed by atoms with Gasteiger partial charge in [0.05, 0.1) is 30.8 Å². The van der Waals surface area contributed by atoms with E-state index < -0.39 is 0 Å². The summed E-state index contributed by atoms with van der Waals surface area (Å²) in [5.74, 6) is 1.23. The molecule has 0 aliphatic carbocycles. The van der Waals surface area contributed by atoms with E-state index in [4.69, 9.17) is 9.15 Å². The first-order valence-corrected chi connectivity index (χ1v) is 8.87. The lowest BCUT2D eigenvalue weighted by molar-refractivity contribution is -0.137. The third kappa shape index (κ3) is 3.75. The molecule has 0 bridgehead atoms. The third-order valence-corrected chi connectivity index (χ3v) is 5.18. The van der Waals surface area contributed by atoms with Gasteiger partial charge in [-0.2, -0.15) is 0 Å². The van der Waals surface area contributed by atoms with E-state index in [1.165, 1.54) is 0 Å². The Morgan fingerprint density at radius 2 is 2.28 bits per heavy atom. The molecule has 0 spiro atoms. The summed E-state index contributed by atoms with van der Waals surface area (Å²) in [7, 11) is 0. The molecular weight excluding hydrogens is 318 g/mol. The van der Waals surface area contributed by atoms with Gasteiger partial charge in [-0.25, -0.2) is 0 Å². The second-order valence-electron chi connectivity index (χ2n) is 6.80. The summed E-state index contributed by atoms with van der Waals surface area (Å²) in [5, 5.41) is 3.01. The van der Waals surface area contributed by atoms with Crippen LogP contribution in [0.2, 0.25) is 0 Å². The van der Waals surface area contributed by atoms with E-state index in [1.807, 2.05) is 24.3 Å². The Bertz CT molecular complexity index is 689. The van der Waals surface area contributed by atoms with Gasteiger partial charge in [0, 0.05) is 37.7 Å². The summed E-state index contributed by atoms with van der Waals surface area (Å²) in [6, 6.07) is 7.60. The van der Waals surface area contributed by atoms with Gasteiger partial charge >= 0.3 is 0 Å². The van der Waals surface area contributed by atoms with Crippen molar-refractivity contribution in [2.45, 2.75) is 25.5 Å². The molecule has 2 aliphatic heterocycles. The molecule has 2 aliphatic rings. The van der Waals surface area contributed by atoms with Gasteiger partial charge in [-0.1, -0.05) is 0 Å². The number of pyridine rings is 1. The molecule has 132 valence electrons. The highest BCUT2D eigenvalue weighted by Gasteiger charge is 2.41. The van der Waals surface area contributed by atoms with Crippen LogP contribution in [-0.4, -0.2) is 41.6 Å². The number of ether oxygens (including phenoxy) is 1. The number of hydrogen-bond donors (Lipinski definition) is 1. The SMILES string of the molecule is O=C(Nc1cccnc1)[C@@H]1CCO[C@@H]2CCN(Cc3ccco3)C[C@@H]21. The van der Waals surface area contributed by atoms with E-state index in [1.54, 1.807) is 18.7 Å². The van der Waals surface area contributed by atoms with Gasteiger partial charge in [0.2, 0.25) is 5.91 Å². The minimum absolute atomic E-state index is 0.0293. The first-order valence-electron chi connectivity index (χ1n) is 8.87. The summed E-state index contributed by atoms with van der Waals surface area (Å²) in [6.45, 7) is 3.27. The van der Waals surface area contributed by atoms with Gasteiger partial charge in [0.1, 0.15) is 5.76 Å². The van der Waals surface area contributed by atoms with Crippen LogP contribution in [0, 0.1) is 11.8 Å². The van der Waals surface area contributed by atoms with Gasteiger partial charge in [-0.15, -0.1) is 0 Å². The van der Waals surface area contributed by atoms with Crippen LogP contribution in [0.5, 0.6) is 0 Å². The predicted octanol–water partition coefficient (Wildman–Crippen LogP) is 2.54. The fraction of sp³-hybridized carbons (Fsp3) is 0.474. The molecule has 2 fully saturated rings. The number of likely N-dealkylation sites (tertiary alicyclic amines) is 1. The molecule has 2 aromatic heterocycles. The number of rotatable bonds is 4. The molecule has 6 heteroatoms. The normalized spacial score (nSPS) is 26.8. The van der Waals surface area contributed by atoms with Crippen molar-refractivity contribution in [3.8, 4) is 0 Å². The first kappa shape index (κ1) is 16.3. The van der Waals surface area contributed by atoms with Crippen molar-refractivity contribution in [3.05, 3.63) is 48.7 Å². The maximum absolute atomic E-state index is 12.8. The largest absolute Gasteiger partial charge is 0.468 e. The summed E-state index contributed by atoms with van der Waals surface area (Å²) in [6.07, 6.45) is 6.98. The molecule has 2 saturated heterocycles.